The van der Waals surface area contributed by atoms with Gasteiger partial charge in [0.1, 0.15) is 11.6 Å². The Kier molecular flexibility index (Phi) is 4.62. The first-order valence-corrected chi connectivity index (χ1v) is 10.7. The highest BCUT2D eigenvalue weighted by molar-refractivity contribution is 7.17. The summed E-state index contributed by atoms with van der Waals surface area (Å²) in [7, 11) is 0. The van der Waals surface area contributed by atoms with Gasteiger partial charge in [-0.15, -0.1) is 10.2 Å². The van der Waals surface area contributed by atoms with Gasteiger partial charge in [-0.25, -0.2) is 8.78 Å². The fourth-order valence-corrected chi connectivity index (χ4v) is 5.20. The molecular weight excluding hydrogens is 426 g/mol. The normalized spacial score (nSPS) is 20.5. The van der Waals surface area contributed by atoms with Crippen LogP contribution < -0.4 is 5.43 Å². The second kappa shape index (κ2) is 7.23. The number of rotatable bonds is 2. The lowest BCUT2D eigenvalue weighted by atomic mass is 10.1. The number of amides is 1. The van der Waals surface area contributed by atoms with Crippen molar-refractivity contribution < 1.29 is 18.7 Å². The van der Waals surface area contributed by atoms with Crippen molar-refractivity contribution in [3.05, 3.63) is 51.9 Å². The number of fused-ring (bicyclic) bond motifs is 4. The van der Waals surface area contributed by atoms with E-state index in [1.54, 1.807) is 15.7 Å². The fraction of sp³-hybridized carbons (Fsp3) is 0.333. The minimum absolute atomic E-state index is 0.00642. The number of carbonyl (C=O) groups excluding carboxylic acids is 1. The Balaban J connectivity index is 1.62. The average molecular weight is 444 g/mol. The summed E-state index contributed by atoms with van der Waals surface area (Å²) in [4.78, 5) is 27.6. The van der Waals surface area contributed by atoms with Gasteiger partial charge in [-0.2, -0.15) is 0 Å². The van der Waals surface area contributed by atoms with Gasteiger partial charge in [-0.3, -0.25) is 9.59 Å². The maximum absolute atomic E-state index is 14.1. The minimum atomic E-state index is -0.786. The lowest BCUT2D eigenvalue weighted by Crippen LogP contribution is -2.46. The number of nitrogens with zero attached hydrogens (tertiary/aromatic N) is 4. The van der Waals surface area contributed by atoms with Crippen LogP contribution in [0.2, 0.25) is 0 Å². The third-order valence-electron chi connectivity index (χ3n) is 5.98. The number of aromatic hydroxyl groups is 1. The smallest absolute Gasteiger partial charge is 0.274 e. The minimum Gasteiger partial charge on any atom is -0.503 e. The van der Waals surface area contributed by atoms with Gasteiger partial charge in [-0.1, -0.05) is 11.3 Å². The number of aromatic nitrogens is 3. The summed E-state index contributed by atoms with van der Waals surface area (Å²) in [6.45, 7) is 2.48. The molecule has 2 aliphatic rings. The van der Waals surface area contributed by atoms with Crippen LogP contribution in [0.3, 0.4) is 0 Å². The molecule has 0 radical (unpaired) electrons. The predicted octanol–water partition coefficient (Wildman–Crippen LogP) is 3.59. The number of benzene rings is 1. The Hall–Kier alpha value is -3.14. The molecule has 4 heterocycles. The topological polar surface area (TPSA) is 88.3 Å². The molecule has 0 spiro atoms. The van der Waals surface area contributed by atoms with Crippen molar-refractivity contribution in [3.63, 3.8) is 0 Å². The van der Waals surface area contributed by atoms with Crippen molar-refractivity contribution in [2.24, 2.45) is 0 Å². The molecule has 2 aromatic heterocycles. The summed E-state index contributed by atoms with van der Waals surface area (Å²) in [5.41, 5.74) is -0.579. The first-order valence-electron chi connectivity index (χ1n) is 9.93. The molecule has 1 saturated heterocycles. The van der Waals surface area contributed by atoms with Gasteiger partial charge in [0.2, 0.25) is 5.43 Å². The highest BCUT2D eigenvalue weighted by Gasteiger charge is 2.38. The molecule has 0 aliphatic carbocycles. The zero-order chi connectivity index (χ0) is 21.9. The van der Waals surface area contributed by atoms with Crippen LogP contribution in [-0.4, -0.2) is 43.3 Å². The summed E-state index contributed by atoms with van der Waals surface area (Å²) in [6.07, 6.45) is 4.13. The molecule has 2 unspecified atom stereocenters. The summed E-state index contributed by atoms with van der Waals surface area (Å²) in [6, 6.07) is 3.09. The largest absolute Gasteiger partial charge is 0.503 e. The van der Waals surface area contributed by atoms with Gasteiger partial charge in [0.05, 0.1) is 11.6 Å². The molecule has 2 aliphatic heterocycles. The summed E-state index contributed by atoms with van der Waals surface area (Å²) in [5, 5.41) is 19.0. The van der Waals surface area contributed by atoms with Gasteiger partial charge in [0.15, 0.2) is 21.5 Å². The van der Waals surface area contributed by atoms with Gasteiger partial charge < -0.3 is 14.6 Å². The van der Waals surface area contributed by atoms with E-state index < -0.39 is 22.8 Å². The van der Waals surface area contributed by atoms with E-state index in [9.17, 15) is 23.5 Å². The second-order valence-corrected chi connectivity index (χ2v) is 8.88. The Morgan fingerprint density at radius 2 is 1.87 bits per heavy atom. The maximum Gasteiger partial charge on any atom is 0.274 e. The molecule has 5 rings (SSSR count). The van der Waals surface area contributed by atoms with E-state index in [0.717, 1.165) is 42.7 Å². The van der Waals surface area contributed by atoms with Crippen molar-refractivity contribution >= 4 is 17.2 Å². The van der Waals surface area contributed by atoms with Gasteiger partial charge >= 0.3 is 0 Å². The first-order chi connectivity index (χ1) is 14.8. The molecule has 3 aromatic rings. The van der Waals surface area contributed by atoms with Crippen molar-refractivity contribution in [2.75, 3.05) is 6.54 Å². The Bertz CT molecular complexity index is 1270. The molecule has 1 aromatic carbocycles. The van der Waals surface area contributed by atoms with Crippen molar-refractivity contribution in [1.29, 1.82) is 0 Å². The first kappa shape index (κ1) is 19.8. The summed E-state index contributed by atoms with van der Waals surface area (Å²) >= 11 is 0.957. The SMILES string of the molecule is CC1CCCC2CN1C(=O)c1c(O)c(=O)c(-c3nnc(-c4ccc(F)cc4F)s3)cn12. The van der Waals surface area contributed by atoms with E-state index in [1.165, 1.54) is 6.07 Å². The van der Waals surface area contributed by atoms with Crippen LogP contribution >= 0.6 is 11.3 Å². The molecule has 1 amide bonds. The van der Waals surface area contributed by atoms with E-state index in [2.05, 4.69) is 10.2 Å². The lowest BCUT2D eigenvalue weighted by Gasteiger charge is -2.37. The quantitative estimate of drug-likeness (QED) is 0.653. The van der Waals surface area contributed by atoms with E-state index in [-0.39, 0.29) is 44.8 Å². The van der Waals surface area contributed by atoms with Crippen molar-refractivity contribution in [2.45, 2.75) is 38.3 Å². The van der Waals surface area contributed by atoms with E-state index in [1.807, 2.05) is 6.92 Å². The molecule has 2 atom stereocenters. The number of pyridine rings is 1. The Labute approximate surface area is 179 Å². The summed E-state index contributed by atoms with van der Waals surface area (Å²) < 4.78 is 29.0. The van der Waals surface area contributed by atoms with Crippen LogP contribution in [0, 0.1) is 11.6 Å². The average Bonchev–Trinajstić information content (AvgIpc) is 3.14. The highest BCUT2D eigenvalue weighted by atomic mass is 32.1. The molecule has 10 heteroatoms. The highest BCUT2D eigenvalue weighted by Crippen LogP contribution is 2.37. The van der Waals surface area contributed by atoms with Crippen LogP contribution in [-0.2, 0) is 0 Å². The summed E-state index contributed by atoms with van der Waals surface area (Å²) in [5.74, 6) is -2.47. The second-order valence-electron chi connectivity index (χ2n) is 7.90. The Morgan fingerprint density at radius 1 is 1.13 bits per heavy atom. The molecule has 7 nitrogen and oxygen atoms in total. The number of hydrogen-bond donors (Lipinski definition) is 1. The number of hydrogen-bond acceptors (Lipinski definition) is 6. The molecule has 160 valence electrons. The zero-order valence-corrected chi connectivity index (χ0v) is 17.3. The number of carbonyl (C=O) groups is 1. The van der Waals surface area contributed by atoms with Crippen LogP contribution in [0.5, 0.6) is 5.75 Å². The van der Waals surface area contributed by atoms with Crippen LogP contribution in [0.25, 0.3) is 21.1 Å². The zero-order valence-electron chi connectivity index (χ0n) is 16.5. The van der Waals surface area contributed by atoms with E-state index in [0.29, 0.717) is 6.54 Å². The monoisotopic (exact) mass is 444 g/mol. The van der Waals surface area contributed by atoms with Gasteiger partial charge in [0.25, 0.3) is 5.91 Å². The third-order valence-corrected chi connectivity index (χ3v) is 6.97. The van der Waals surface area contributed by atoms with Crippen LogP contribution in [0.1, 0.15) is 42.7 Å². The van der Waals surface area contributed by atoms with Crippen molar-refractivity contribution in [1.82, 2.24) is 19.7 Å². The van der Waals surface area contributed by atoms with Crippen LogP contribution in [0.4, 0.5) is 8.78 Å². The van der Waals surface area contributed by atoms with Gasteiger partial charge in [0, 0.05) is 30.4 Å². The molecule has 1 N–H and O–H groups in total. The van der Waals surface area contributed by atoms with Gasteiger partial charge in [-0.05, 0) is 38.3 Å². The maximum atomic E-state index is 14.1. The standard InChI is InChI=1S/C21H18F2N4O3S/c1-10-3-2-4-12-8-26(10)21(30)16-18(29)17(28)14(9-27(12)16)20-25-24-19(31-20)13-6-5-11(22)7-15(13)23/h5-7,9-10,12,29H,2-4,8H2,1H3. The third kappa shape index (κ3) is 3.13. The lowest BCUT2D eigenvalue weighted by molar-refractivity contribution is 0.0606. The Morgan fingerprint density at radius 3 is 2.61 bits per heavy atom. The molecule has 0 saturated carbocycles. The fourth-order valence-electron chi connectivity index (χ4n) is 4.32. The molecule has 31 heavy (non-hydrogen) atoms. The molecule has 1 fully saturated rings. The van der Waals surface area contributed by atoms with E-state index in [4.69, 9.17) is 0 Å². The predicted molar refractivity (Wildman–Crippen MR) is 110 cm³/mol. The molecular formula is C21H18F2N4O3S. The van der Waals surface area contributed by atoms with E-state index >= 15 is 0 Å². The van der Waals surface area contributed by atoms with Crippen LogP contribution in [0.15, 0.2) is 29.2 Å². The molecule has 2 bridgehead atoms. The number of halogens is 2. The van der Waals surface area contributed by atoms with Crippen molar-refractivity contribution in [3.8, 4) is 26.9 Å².